The molecule has 0 aromatic heterocycles. The van der Waals surface area contributed by atoms with Gasteiger partial charge in [0.15, 0.2) is 0 Å². The Morgan fingerprint density at radius 2 is 0.889 bits per heavy atom. The molecule has 2 aromatic rings. The first-order valence-corrected chi connectivity index (χ1v) is 6.02. The molecule has 2 rings (SSSR count). The second-order valence-corrected chi connectivity index (χ2v) is 4.88. The number of aliphatic hydroxyl groups is 2. The fourth-order valence-corrected chi connectivity index (χ4v) is 2.09. The molecule has 2 heteroatoms. The van der Waals surface area contributed by atoms with Crippen LogP contribution in [-0.2, 0) is 11.2 Å². The summed E-state index contributed by atoms with van der Waals surface area (Å²) < 4.78 is 0. The quantitative estimate of drug-likeness (QED) is 0.869. The van der Waals surface area contributed by atoms with E-state index in [-0.39, 0.29) is 0 Å². The minimum Gasteiger partial charge on any atom is -0.382 e. The first-order valence-electron chi connectivity index (χ1n) is 6.02. The molecule has 2 N–H and O–H groups in total. The Balaban J connectivity index is 2.47. The lowest BCUT2D eigenvalue weighted by molar-refractivity contribution is -0.143. The topological polar surface area (TPSA) is 40.5 Å². The van der Waals surface area contributed by atoms with Crippen molar-refractivity contribution in [1.82, 2.24) is 0 Å². The summed E-state index contributed by atoms with van der Waals surface area (Å²) in [6.45, 7) is 3.27. The van der Waals surface area contributed by atoms with E-state index in [1.54, 1.807) is 13.8 Å². The standard InChI is InChI=1S/C16H18O2/c1-15(17,13-9-5-3-6-10-13)16(2,18)14-11-7-4-8-12-14/h3-12,17-18H,1-2H3/t15-,16?/m0/s1. The maximum Gasteiger partial charge on any atom is 0.119 e. The third-order valence-electron chi connectivity index (χ3n) is 3.62. The van der Waals surface area contributed by atoms with Crippen LogP contribution in [0.2, 0.25) is 0 Å². The Morgan fingerprint density at radius 3 is 1.17 bits per heavy atom. The number of rotatable bonds is 3. The van der Waals surface area contributed by atoms with Gasteiger partial charge in [0, 0.05) is 0 Å². The molecule has 0 spiro atoms. The molecule has 0 radical (unpaired) electrons. The summed E-state index contributed by atoms with van der Waals surface area (Å²) in [6, 6.07) is 18.4. The highest BCUT2D eigenvalue weighted by Gasteiger charge is 2.44. The molecule has 0 aliphatic carbocycles. The van der Waals surface area contributed by atoms with Crippen LogP contribution >= 0.6 is 0 Å². The summed E-state index contributed by atoms with van der Waals surface area (Å²) in [7, 11) is 0. The zero-order valence-electron chi connectivity index (χ0n) is 10.7. The summed E-state index contributed by atoms with van der Waals surface area (Å²) in [5.74, 6) is 0. The van der Waals surface area contributed by atoms with Crippen molar-refractivity contribution in [2.45, 2.75) is 25.0 Å². The first-order chi connectivity index (χ1) is 8.46. The van der Waals surface area contributed by atoms with Crippen LogP contribution in [0.25, 0.3) is 0 Å². The number of hydrogen-bond acceptors (Lipinski definition) is 2. The van der Waals surface area contributed by atoms with Crippen molar-refractivity contribution in [2.75, 3.05) is 0 Å². The van der Waals surface area contributed by atoms with Gasteiger partial charge in [-0.25, -0.2) is 0 Å². The highest BCUT2D eigenvalue weighted by atomic mass is 16.4. The number of hydrogen-bond donors (Lipinski definition) is 2. The minimum absolute atomic E-state index is 0.693. The van der Waals surface area contributed by atoms with E-state index in [0.717, 1.165) is 0 Å². The van der Waals surface area contributed by atoms with E-state index in [1.807, 2.05) is 60.7 Å². The van der Waals surface area contributed by atoms with Gasteiger partial charge in [0.05, 0.1) is 0 Å². The third-order valence-corrected chi connectivity index (χ3v) is 3.62. The van der Waals surface area contributed by atoms with E-state index in [0.29, 0.717) is 11.1 Å². The molecule has 1 unspecified atom stereocenters. The van der Waals surface area contributed by atoms with E-state index < -0.39 is 11.2 Å². The van der Waals surface area contributed by atoms with Gasteiger partial charge in [-0.1, -0.05) is 60.7 Å². The molecule has 2 atom stereocenters. The average molecular weight is 242 g/mol. The van der Waals surface area contributed by atoms with E-state index >= 15 is 0 Å². The molecule has 2 aromatic carbocycles. The molecule has 0 saturated heterocycles. The van der Waals surface area contributed by atoms with Gasteiger partial charge in [0.25, 0.3) is 0 Å². The van der Waals surface area contributed by atoms with E-state index in [1.165, 1.54) is 0 Å². The van der Waals surface area contributed by atoms with Gasteiger partial charge in [-0.05, 0) is 25.0 Å². The van der Waals surface area contributed by atoms with Gasteiger partial charge in [-0.3, -0.25) is 0 Å². The molecule has 0 bridgehead atoms. The highest BCUT2D eigenvalue weighted by molar-refractivity contribution is 5.32. The van der Waals surface area contributed by atoms with Crippen molar-refractivity contribution in [3.8, 4) is 0 Å². The van der Waals surface area contributed by atoms with Gasteiger partial charge < -0.3 is 10.2 Å². The molecular weight excluding hydrogens is 224 g/mol. The van der Waals surface area contributed by atoms with Crippen LogP contribution in [0.15, 0.2) is 60.7 Å². The lowest BCUT2D eigenvalue weighted by atomic mass is 9.76. The van der Waals surface area contributed by atoms with Crippen LogP contribution < -0.4 is 0 Å². The molecule has 0 amide bonds. The zero-order chi connectivity index (χ0) is 13.2. The van der Waals surface area contributed by atoms with Gasteiger partial charge >= 0.3 is 0 Å². The van der Waals surface area contributed by atoms with Gasteiger partial charge in [-0.15, -0.1) is 0 Å². The third kappa shape index (κ3) is 2.05. The molecule has 0 aliphatic rings. The summed E-state index contributed by atoms with van der Waals surface area (Å²) in [5, 5.41) is 21.4. The maximum atomic E-state index is 10.7. The predicted molar refractivity (Wildman–Crippen MR) is 72.0 cm³/mol. The number of benzene rings is 2. The fraction of sp³-hybridized carbons (Fsp3) is 0.250. The van der Waals surface area contributed by atoms with Gasteiger partial charge in [0.2, 0.25) is 0 Å². The maximum absolute atomic E-state index is 10.7. The van der Waals surface area contributed by atoms with E-state index in [4.69, 9.17) is 0 Å². The summed E-state index contributed by atoms with van der Waals surface area (Å²) in [4.78, 5) is 0. The van der Waals surface area contributed by atoms with Crippen molar-refractivity contribution in [3.05, 3.63) is 71.8 Å². The molecule has 0 saturated carbocycles. The monoisotopic (exact) mass is 242 g/mol. The van der Waals surface area contributed by atoms with Crippen molar-refractivity contribution < 1.29 is 10.2 Å². The van der Waals surface area contributed by atoms with Crippen LogP contribution in [0.5, 0.6) is 0 Å². The van der Waals surface area contributed by atoms with Crippen LogP contribution in [0.1, 0.15) is 25.0 Å². The molecule has 94 valence electrons. The molecule has 0 heterocycles. The Hall–Kier alpha value is -1.64. The van der Waals surface area contributed by atoms with Crippen LogP contribution in [-0.4, -0.2) is 10.2 Å². The van der Waals surface area contributed by atoms with Crippen molar-refractivity contribution >= 4 is 0 Å². The average Bonchev–Trinajstić information content (AvgIpc) is 2.40. The highest BCUT2D eigenvalue weighted by Crippen LogP contribution is 2.39. The summed E-state index contributed by atoms with van der Waals surface area (Å²) >= 11 is 0. The lowest BCUT2D eigenvalue weighted by Crippen LogP contribution is -2.45. The van der Waals surface area contributed by atoms with Crippen LogP contribution in [0, 0.1) is 0 Å². The largest absolute Gasteiger partial charge is 0.382 e. The normalized spacial score (nSPS) is 17.8. The zero-order valence-corrected chi connectivity index (χ0v) is 10.7. The van der Waals surface area contributed by atoms with Crippen molar-refractivity contribution in [1.29, 1.82) is 0 Å². The molecular formula is C16H18O2. The molecule has 0 fully saturated rings. The predicted octanol–water partition coefficient (Wildman–Crippen LogP) is 2.80. The summed E-state index contributed by atoms with van der Waals surface area (Å²) in [6.07, 6.45) is 0. The van der Waals surface area contributed by atoms with Crippen molar-refractivity contribution in [3.63, 3.8) is 0 Å². The Kier molecular flexibility index (Phi) is 3.24. The second kappa shape index (κ2) is 4.56. The molecule has 18 heavy (non-hydrogen) atoms. The Labute approximate surface area is 108 Å². The van der Waals surface area contributed by atoms with Gasteiger partial charge in [0.1, 0.15) is 11.2 Å². The van der Waals surface area contributed by atoms with E-state index in [2.05, 4.69) is 0 Å². The smallest absolute Gasteiger partial charge is 0.119 e. The fourth-order valence-electron chi connectivity index (χ4n) is 2.09. The first kappa shape index (κ1) is 12.8. The SMILES string of the molecule is CC(O)(c1ccccc1)[C@@](C)(O)c1ccccc1. The van der Waals surface area contributed by atoms with Crippen LogP contribution in [0.3, 0.4) is 0 Å². The van der Waals surface area contributed by atoms with E-state index in [9.17, 15) is 10.2 Å². The molecule has 2 nitrogen and oxygen atoms in total. The second-order valence-electron chi connectivity index (χ2n) is 4.88. The lowest BCUT2D eigenvalue weighted by Gasteiger charge is -2.39. The Morgan fingerprint density at radius 1 is 0.611 bits per heavy atom. The minimum atomic E-state index is -1.35. The molecule has 0 aliphatic heterocycles. The Bertz CT molecular complexity index is 452. The van der Waals surface area contributed by atoms with Crippen molar-refractivity contribution in [2.24, 2.45) is 0 Å². The summed E-state index contributed by atoms with van der Waals surface area (Å²) in [5.41, 5.74) is -1.32. The van der Waals surface area contributed by atoms with Crippen LogP contribution in [0.4, 0.5) is 0 Å². The van der Waals surface area contributed by atoms with Gasteiger partial charge in [-0.2, -0.15) is 0 Å².